The molecule has 0 saturated heterocycles. The molecule has 0 amide bonds. The number of aromatic nitrogens is 1. The van der Waals surface area contributed by atoms with Crippen LogP contribution in [0.25, 0.3) is 10.9 Å². The van der Waals surface area contributed by atoms with E-state index in [-0.39, 0.29) is 6.61 Å². The lowest BCUT2D eigenvalue weighted by Crippen LogP contribution is -2.16. The minimum atomic E-state index is -0.580. The van der Waals surface area contributed by atoms with Crippen molar-refractivity contribution in [3.63, 3.8) is 0 Å². The zero-order chi connectivity index (χ0) is 15.9. The number of carbonyl (C=O) groups is 1. The fourth-order valence-corrected chi connectivity index (χ4v) is 2.59. The van der Waals surface area contributed by atoms with Gasteiger partial charge >= 0.3 is 6.09 Å². The lowest BCUT2D eigenvalue weighted by molar-refractivity contribution is -0.238. The van der Waals surface area contributed by atoms with E-state index in [4.69, 9.17) is 9.78 Å². The number of nitrogens with zero attached hydrogens (tertiary/aromatic N) is 1. The zero-order valence-corrected chi connectivity index (χ0v) is 13.2. The van der Waals surface area contributed by atoms with E-state index in [9.17, 15) is 9.90 Å². The minimum Gasteiger partial charge on any atom is -0.392 e. The Morgan fingerprint density at radius 2 is 2.00 bits per heavy atom. The van der Waals surface area contributed by atoms with Crippen molar-refractivity contribution in [2.75, 3.05) is 6.61 Å². The van der Waals surface area contributed by atoms with Gasteiger partial charge in [-0.2, -0.15) is 4.89 Å². The molecule has 5 nitrogen and oxygen atoms in total. The Hall–Kier alpha value is -1.85. The van der Waals surface area contributed by atoms with Gasteiger partial charge in [0.1, 0.15) is 0 Å². The lowest BCUT2D eigenvalue weighted by atomic mass is 10.1. The van der Waals surface area contributed by atoms with Gasteiger partial charge in [0.25, 0.3) is 0 Å². The van der Waals surface area contributed by atoms with Gasteiger partial charge in [-0.1, -0.05) is 44.4 Å². The summed E-state index contributed by atoms with van der Waals surface area (Å²) < 4.78 is 1.44. The molecule has 1 N–H and O–H groups in total. The van der Waals surface area contributed by atoms with E-state index in [0.29, 0.717) is 17.8 Å². The number of hydrogen-bond acceptors (Lipinski definition) is 4. The van der Waals surface area contributed by atoms with Crippen LogP contribution in [0.4, 0.5) is 4.79 Å². The third-order valence-corrected chi connectivity index (χ3v) is 3.79. The summed E-state index contributed by atoms with van der Waals surface area (Å²) in [5.74, 6) is 0. The quantitative estimate of drug-likeness (QED) is 0.478. The highest BCUT2D eigenvalue weighted by molar-refractivity contribution is 5.93. The van der Waals surface area contributed by atoms with Gasteiger partial charge in [-0.15, -0.1) is 0 Å². The average Bonchev–Trinajstić information content (AvgIpc) is 2.82. The molecule has 0 aliphatic heterocycles. The topological polar surface area (TPSA) is 60.7 Å². The number of aliphatic hydroxyl groups is 1. The fraction of sp³-hybridized carbons (Fsp3) is 0.471. The fourth-order valence-electron chi connectivity index (χ4n) is 2.59. The third-order valence-electron chi connectivity index (χ3n) is 3.79. The summed E-state index contributed by atoms with van der Waals surface area (Å²) in [5, 5.41) is 10.4. The second-order valence-corrected chi connectivity index (χ2v) is 5.31. The highest BCUT2D eigenvalue weighted by atomic mass is 17.2. The van der Waals surface area contributed by atoms with Crippen LogP contribution in [0.15, 0.2) is 24.3 Å². The van der Waals surface area contributed by atoms with Crippen LogP contribution in [0.2, 0.25) is 0 Å². The predicted molar refractivity (Wildman–Crippen MR) is 84.6 cm³/mol. The number of benzene rings is 1. The van der Waals surface area contributed by atoms with Gasteiger partial charge < -0.3 is 5.11 Å². The van der Waals surface area contributed by atoms with Gasteiger partial charge in [0.15, 0.2) is 0 Å². The average molecular weight is 305 g/mol. The Labute approximate surface area is 130 Å². The summed E-state index contributed by atoms with van der Waals surface area (Å²) in [6, 6.07) is 7.42. The Morgan fingerprint density at radius 1 is 1.23 bits per heavy atom. The van der Waals surface area contributed by atoms with Crippen molar-refractivity contribution in [3.8, 4) is 0 Å². The molecule has 1 heterocycles. The van der Waals surface area contributed by atoms with Gasteiger partial charge in [0.2, 0.25) is 0 Å². The van der Waals surface area contributed by atoms with Crippen LogP contribution in [0.1, 0.15) is 43.9 Å². The number of carbonyl (C=O) groups excluding carboxylic acids is 1. The summed E-state index contributed by atoms with van der Waals surface area (Å²) in [7, 11) is 0. The maximum absolute atomic E-state index is 12.2. The summed E-state index contributed by atoms with van der Waals surface area (Å²) in [4.78, 5) is 22.1. The maximum atomic E-state index is 12.2. The number of para-hydroxylation sites is 1. The SMILES string of the molecule is CCCCCCOOC(=O)n1c(C)c(CO)c2ccccc21. The molecular weight excluding hydrogens is 282 g/mol. The molecule has 0 spiro atoms. The Kier molecular flexibility index (Phi) is 5.98. The number of hydrogen-bond donors (Lipinski definition) is 1. The normalized spacial score (nSPS) is 11.0. The van der Waals surface area contributed by atoms with Gasteiger partial charge in [0.05, 0.1) is 18.7 Å². The highest BCUT2D eigenvalue weighted by Crippen LogP contribution is 2.26. The lowest BCUT2D eigenvalue weighted by Gasteiger charge is -2.07. The molecule has 0 atom stereocenters. The molecule has 0 fully saturated rings. The molecule has 0 unspecified atom stereocenters. The highest BCUT2D eigenvalue weighted by Gasteiger charge is 2.19. The van der Waals surface area contributed by atoms with Gasteiger partial charge in [0, 0.05) is 16.6 Å². The van der Waals surface area contributed by atoms with E-state index in [1.807, 2.05) is 24.3 Å². The first-order valence-electron chi connectivity index (χ1n) is 7.74. The second-order valence-electron chi connectivity index (χ2n) is 5.31. The van der Waals surface area contributed by atoms with Crippen LogP contribution in [-0.4, -0.2) is 22.4 Å². The van der Waals surface area contributed by atoms with E-state index in [2.05, 4.69) is 6.92 Å². The summed E-state index contributed by atoms with van der Waals surface area (Å²) in [6.07, 6.45) is 3.66. The van der Waals surface area contributed by atoms with Crippen molar-refractivity contribution in [2.24, 2.45) is 0 Å². The molecule has 120 valence electrons. The second kappa shape index (κ2) is 7.96. The smallest absolute Gasteiger partial charge is 0.392 e. The predicted octanol–water partition coefficient (Wildman–Crippen LogP) is 3.94. The summed E-state index contributed by atoms with van der Waals surface area (Å²) >= 11 is 0. The molecule has 2 aromatic rings. The number of unbranched alkanes of at least 4 members (excludes halogenated alkanes) is 3. The number of rotatable bonds is 7. The van der Waals surface area contributed by atoms with Crippen molar-refractivity contribution in [1.82, 2.24) is 4.57 Å². The van der Waals surface area contributed by atoms with Gasteiger partial charge in [-0.3, -0.25) is 4.89 Å². The Morgan fingerprint density at radius 3 is 2.73 bits per heavy atom. The first-order chi connectivity index (χ1) is 10.7. The van der Waals surface area contributed by atoms with Crippen LogP contribution >= 0.6 is 0 Å². The Bertz CT molecular complexity index is 633. The maximum Gasteiger partial charge on any atom is 0.450 e. The first kappa shape index (κ1) is 16.5. The van der Waals surface area contributed by atoms with Crippen LogP contribution in [-0.2, 0) is 16.4 Å². The molecular formula is C17H23NO4. The van der Waals surface area contributed by atoms with E-state index in [1.165, 1.54) is 4.57 Å². The van der Waals surface area contributed by atoms with Crippen LogP contribution in [0.5, 0.6) is 0 Å². The summed E-state index contributed by atoms with van der Waals surface area (Å²) in [6.45, 7) is 4.20. The molecule has 0 bridgehead atoms. The largest absolute Gasteiger partial charge is 0.450 e. The van der Waals surface area contributed by atoms with Crippen molar-refractivity contribution < 1.29 is 19.7 Å². The molecule has 2 rings (SSSR count). The molecule has 0 saturated carbocycles. The zero-order valence-electron chi connectivity index (χ0n) is 13.2. The van der Waals surface area contributed by atoms with E-state index in [1.54, 1.807) is 6.92 Å². The van der Waals surface area contributed by atoms with E-state index >= 15 is 0 Å². The molecule has 0 aliphatic rings. The standard InChI is InChI=1S/C17H23NO4/c1-3-4-5-8-11-21-22-17(20)18-13(2)15(12-19)14-9-6-7-10-16(14)18/h6-7,9-10,19H,3-5,8,11-12H2,1-2H3. The molecule has 22 heavy (non-hydrogen) atoms. The van der Waals surface area contributed by atoms with Crippen molar-refractivity contribution in [1.29, 1.82) is 0 Å². The molecule has 5 heteroatoms. The summed E-state index contributed by atoms with van der Waals surface area (Å²) in [5.41, 5.74) is 2.11. The number of aliphatic hydroxyl groups excluding tert-OH is 1. The van der Waals surface area contributed by atoms with E-state index < -0.39 is 6.09 Å². The van der Waals surface area contributed by atoms with Gasteiger partial charge in [-0.25, -0.2) is 9.36 Å². The van der Waals surface area contributed by atoms with Crippen molar-refractivity contribution in [3.05, 3.63) is 35.5 Å². The molecule has 1 aromatic heterocycles. The Balaban J connectivity index is 2.07. The van der Waals surface area contributed by atoms with Crippen LogP contribution in [0, 0.1) is 6.92 Å². The van der Waals surface area contributed by atoms with Crippen molar-refractivity contribution in [2.45, 2.75) is 46.1 Å². The molecule has 0 radical (unpaired) electrons. The molecule has 0 aliphatic carbocycles. The first-order valence-corrected chi connectivity index (χ1v) is 7.74. The van der Waals surface area contributed by atoms with Crippen molar-refractivity contribution >= 4 is 17.0 Å². The monoisotopic (exact) mass is 305 g/mol. The third kappa shape index (κ3) is 3.48. The van der Waals surface area contributed by atoms with Gasteiger partial charge in [-0.05, 0) is 19.4 Å². The molecule has 1 aromatic carbocycles. The number of fused-ring (bicyclic) bond motifs is 1. The van der Waals surface area contributed by atoms with Crippen LogP contribution < -0.4 is 0 Å². The minimum absolute atomic E-state index is 0.121. The van der Waals surface area contributed by atoms with E-state index in [0.717, 1.165) is 36.6 Å². The van der Waals surface area contributed by atoms with Crippen LogP contribution in [0.3, 0.4) is 0 Å².